The number of carbonyl (C=O) groups excluding carboxylic acids is 7. The zero-order valence-electron chi connectivity index (χ0n) is 53.9. The Balaban J connectivity index is -0.000000353. The Bertz CT molecular complexity index is 2540. The topological polar surface area (TPSA) is 384 Å². The Morgan fingerprint density at radius 2 is 1.56 bits per heavy atom. The third-order valence-corrected chi connectivity index (χ3v) is 12.5. The Morgan fingerprint density at radius 1 is 0.955 bits per heavy atom. The number of ketones is 1. The second-order valence-corrected chi connectivity index (χ2v) is 21.1. The monoisotopic (exact) mass is 1590 g/mol. The number of hydrazine groups is 1. The van der Waals surface area contributed by atoms with Gasteiger partial charge in [0.1, 0.15) is 12.1 Å². The number of benzene rings is 3. The molecule has 0 aromatic heterocycles. The molecule has 25 nitrogen and oxygen atoms in total. The fraction of sp³-hybridized carbons (Fsp3) is 0.517. The molecule has 6 amide bonds. The summed E-state index contributed by atoms with van der Waals surface area (Å²) in [6, 6.07) is 15.6. The molecule has 3 aromatic rings. The zero-order valence-corrected chi connectivity index (χ0v) is 63.3. The van der Waals surface area contributed by atoms with Crippen molar-refractivity contribution < 1.29 is 145 Å². The SMILES string of the molecule is CC(C)(C)O.CC(CCC(=O)NC=O)N1Cc2cc(CNO)ccc2C1=O.CCN(N)/C=C(\N)CC(O)c1ccc(NC(=O)C(C)NC(=O)C(C)NC(C)=O)cc1.C[N-]CCOCCc1ccc([NH-])cc1Cl.[CH2-]COCCN(C)C(C)C(=O)CN.[CH3-].[W+2].[Y].[Y]. The van der Waals surface area contributed by atoms with Crippen LogP contribution < -0.4 is 44.1 Å². The van der Waals surface area contributed by atoms with Crippen molar-refractivity contribution in [1.29, 1.82) is 0 Å². The molecule has 0 saturated carbocycles. The van der Waals surface area contributed by atoms with Gasteiger partial charge in [-0.1, -0.05) is 60.7 Å². The maximum Gasteiger partial charge on any atom is 2.00 e. The van der Waals surface area contributed by atoms with Gasteiger partial charge in [0.15, 0.2) is 5.78 Å². The maximum absolute atomic E-state index is 12.4. The van der Waals surface area contributed by atoms with Crippen LogP contribution in [0.1, 0.15) is 120 Å². The molecule has 5 unspecified atom stereocenters. The summed E-state index contributed by atoms with van der Waals surface area (Å²) in [4.78, 5) is 83.9. The number of amides is 6. The summed E-state index contributed by atoms with van der Waals surface area (Å²) in [5.74, 6) is 4.10. The van der Waals surface area contributed by atoms with Crippen LogP contribution in [0.3, 0.4) is 0 Å². The number of anilines is 1. The quantitative estimate of drug-likeness (QED) is 0.0135. The summed E-state index contributed by atoms with van der Waals surface area (Å²) in [7, 11) is 3.65. The van der Waals surface area contributed by atoms with Gasteiger partial charge in [-0.3, -0.25) is 43.8 Å². The van der Waals surface area contributed by atoms with Crippen LogP contribution in [0, 0.1) is 14.4 Å². The van der Waals surface area contributed by atoms with Crippen LogP contribution >= 0.6 is 11.6 Å². The Labute approximate surface area is 597 Å². The number of nitrogens with zero attached hydrogens (tertiary/aromatic N) is 4. The van der Waals surface area contributed by atoms with E-state index < -0.39 is 35.6 Å². The summed E-state index contributed by atoms with van der Waals surface area (Å²) in [6.45, 7) is 24.1. The number of hydrogen-bond acceptors (Lipinski definition) is 18. The van der Waals surface area contributed by atoms with E-state index in [0.29, 0.717) is 92.1 Å². The normalized spacial score (nSPS) is 12.8. The summed E-state index contributed by atoms with van der Waals surface area (Å²) in [6.07, 6.45) is 2.80. The predicted molar refractivity (Wildman–Crippen MR) is 337 cm³/mol. The van der Waals surface area contributed by atoms with E-state index in [-0.39, 0.29) is 149 Å². The number of nitrogens with one attached hydrogen (secondary N) is 6. The van der Waals surface area contributed by atoms with Gasteiger partial charge >= 0.3 is 21.1 Å². The molecule has 1 aliphatic rings. The zero-order chi connectivity index (χ0) is 64.8. The molecule has 496 valence electrons. The third-order valence-electron chi connectivity index (χ3n) is 12.2. The molecule has 15 N–H and O–H groups in total. The first-order chi connectivity index (χ1) is 40.0. The van der Waals surface area contributed by atoms with Gasteiger partial charge < -0.3 is 87.6 Å². The molecular formula is C60H98ClN13O12WY2-2. The van der Waals surface area contributed by atoms with E-state index >= 15 is 0 Å². The van der Waals surface area contributed by atoms with Crippen molar-refractivity contribution in [3.63, 3.8) is 0 Å². The number of carbonyl (C=O) groups is 7. The summed E-state index contributed by atoms with van der Waals surface area (Å²) >= 11 is 5.98. The number of aliphatic hydroxyl groups is 2. The van der Waals surface area contributed by atoms with Gasteiger partial charge in [0, 0.05) is 152 Å². The van der Waals surface area contributed by atoms with Gasteiger partial charge in [0.05, 0.1) is 37.5 Å². The van der Waals surface area contributed by atoms with Crippen LogP contribution in [0.15, 0.2) is 72.6 Å². The fourth-order valence-corrected chi connectivity index (χ4v) is 7.48. The van der Waals surface area contributed by atoms with Gasteiger partial charge in [-0.15, -0.1) is 12.2 Å². The molecular weight excluding hydrogens is 1490 g/mol. The molecule has 2 radical (unpaired) electrons. The standard InChI is InChI=1S/C20H32N6O4.C15H19N3O4.C11H15ClN2O.C9H19N2O2.C4H10O.CH3.W.2Y/c1-5-26(22)11-16(21)10-18(28)15-6-8-17(9-7-15)25-20(30)13(3)24-19(29)12(2)23-14(4)27;1-10(2-5-14(20)16-9-19)18-8-12-6-11(7-17-22)3-4-13(12)15(18)21;1-14-5-7-15-6-4-9-2-3-10(13)8-11(9)12;1-4-13-6-5-11(3)8(2)9(12)7-10;1-4(2,3)5;;;;/h6-9,11-13,18,28H,5,10,21-22H2,1-4H3,(H,23,27)(H,24,29)(H,25,30);3-4,6,9-10,17,22H,2,5,7-8H2,1H3,(H,16,19,20);2-3,8,13H,4-7H2,1H3;8H,1,4-7,10H2,2-3H3;5H,1-3H3;1H3;;;/q;;-2;-1;;-1;+2;;/b16-11-;;;;;;;;. The fourth-order valence-electron chi connectivity index (χ4n) is 7.21. The molecule has 0 bridgehead atoms. The second kappa shape index (κ2) is 52.7. The van der Waals surface area contributed by atoms with Gasteiger partial charge in [0.2, 0.25) is 30.0 Å². The summed E-state index contributed by atoms with van der Waals surface area (Å²) in [5.41, 5.74) is 25.6. The van der Waals surface area contributed by atoms with Gasteiger partial charge in [-0.05, 0) is 116 Å². The summed E-state index contributed by atoms with van der Waals surface area (Å²) in [5, 5.41) is 43.3. The van der Waals surface area contributed by atoms with Gasteiger partial charge in [-0.2, -0.15) is 7.05 Å². The number of hydroxylamine groups is 1. The summed E-state index contributed by atoms with van der Waals surface area (Å²) < 4.78 is 10.4. The first-order valence-corrected chi connectivity index (χ1v) is 28.2. The number of fused-ring (bicyclic) bond motifs is 1. The van der Waals surface area contributed by atoms with Crippen molar-refractivity contribution in [2.75, 3.05) is 72.0 Å². The van der Waals surface area contributed by atoms with E-state index in [0.717, 1.165) is 36.2 Å². The predicted octanol–water partition coefficient (Wildman–Crippen LogP) is 5.13. The smallest absolute Gasteiger partial charge is 0.699 e. The molecule has 0 fully saturated rings. The first kappa shape index (κ1) is 94.0. The van der Waals surface area contributed by atoms with Crippen LogP contribution in [-0.4, -0.2) is 168 Å². The first-order valence-electron chi connectivity index (χ1n) is 27.8. The molecule has 0 aliphatic carbocycles. The van der Waals surface area contributed by atoms with Crippen molar-refractivity contribution in [1.82, 2.24) is 36.2 Å². The molecule has 3 aromatic carbocycles. The average Bonchev–Trinajstić information content (AvgIpc) is 2.27. The molecule has 0 saturated heterocycles. The van der Waals surface area contributed by atoms with E-state index in [4.69, 9.17) is 54.4 Å². The van der Waals surface area contributed by atoms with Crippen LogP contribution in [0.25, 0.3) is 11.1 Å². The number of rotatable bonds is 30. The van der Waals surface area contributed by atoms with E-state index in [2.05, 4.69) is 39.0 Å². The Hall–Kier alpha value is -3.72. The minimum absolute atomic E-state index is 0. The van der Waals surface area contributed by atoms with Gasteiger partial charge in [0.25, 0.3) is 5.91 Å². The van der Waals surface area contributed by atoms with Crippen LogP contribution in [0.4, 0.5) is 11.4 Å². The number of likely N-dealkylation sites (N-methyl/N-ethyl adjacent to an activating group) is 2. The van der Waals surface area contributed by atoms with Crippen molar-refractivity contribution in [3.05, 3.63) is 131 Å². The minimum Gasteiger partial charge on any atom is -0.699 e. The third kappa shape index (κ3) is 42.9. The van der Waals surface area contributed by atoms with Crippen LogP contribution in [0.2, 0.25) is 5.02 Å². The van der Waals surface area contributed by atoms with Crippen LogP contribution in [-0.2, 0) is 144 Å². The number of aliphatic hydroxyl groups excluding tert-OH is 1. The molecule has 1 heterocycles. The van der Waals surface area contributed by atoms with E-state index in [1.807, 2.05) is 44.9 Å². The van der Waals surface area contributed by atoms with E-state index in [9.17, 15) is 38.7 Å². The second-order valence-electron chi connectivity index (χ2n) is 20.7. The average molecular weight is 1590 g/mol. The van der Waals surface area contributed by atoms with E-state index in [1.54, 1.807) is 87.4 Å². The number of Topliss-reactive ketones (excluding diaryl/α,β-unsaturated/α-hetero) is 1. The van der Waals surface area contributed by atoms with Crippen molar-refractivity contribution >= 4 is 64.7 Å². The number of halogens is 1. The molecule has 5 atom stereocenters. The van der Waals surface area contributed by atoms with E-state index in [1.165, 1.54) is 25.8 Å². The Kier molecular flexibility index (Phi) is 55.7. The largest absolute Gasteiger partial charge is 2.00 e. The molecule has 29 heteroatoms. The number of imide groups is 1. The van der Waals surface area contributed by atoms with Crippen molar-refractivity contribution in [3.8, 4) is 0 Å². The van der Waals surface area contributed by atoms with Crippen LogP contribution in [0.5, 0.6) is 0 Å². The molecule has 0 spiro atoms. The number of nitrogens with two attached hydrogens (primary N) is 3. The molecule has 1 aliphatic heterocycles. The Morgan fingerprint density at radius 3 is 2.09 bits per heavy atom. The van der Waals surface area contributed by atoms with Gasteiger partial charge in [-0.25, -0.2) is 11.3 Å². The molecule has 4 rings (SSSR count). The maximum atomic E-state index is 12.4. The molecule has 89 heavy (non-hydrogen) atoms. The number of ether oxygens (including phenoxy) is 2. The number of hydrogen-bond donors (Lipinski definition) is 11. The minimum atomic E-state index is -0.815. The van der Waals surface area contributed by atoms with Crippen molar-refractivity contribution in [2.45, 2.75) is 137 Å². The van der Waals surface area contributed by atoms with Crippen molar-refractivity contribution in [2.24, 2.45) is 17.3 Å².